The number of methoxy groups -OCH3 is 1. The number of Topliss-reactive ketones (excluding diaryl/α,β-unsaturated/α-hetero) is 1. The predicted octanol–water partition coefficient (Wildman–Crippen LogP) is 3.84. The summed E-state index contributed by atoms with van der Waals surface area (Å²) in [5, 5.41) is 4.37. The first kappa shape index (κ1) is 19.9. The third kappa shape index (κ3) is 3.50. The third-order valence-corrected chi connectivity index (χ3v) is 5.96. The van der Waals surface area contributed by atoms with Crippen LogP contribution in [0.2, 0.25) is 0 Å². The molecule has 2 aromatic carbocycles. The second-order valence-corrected chi connectivity index (χ2v) is 8.09. The summed E-state index contributed by atoms with van der Waals surface area (Å²) >= 11 is 1.24. The Hall–Kier alpha value is -4.04. The summed E-state index contributed by atoms with van der Waals surface area (Å²) in [5.74, 6) is 2.29. The van der Waals surface area contributed by atoms with Crippen molar-refractivity contribution >= 4 is 28.2 Å². The van der Waals surface area contributed by atoms with Crippen LogP contribution in [0.1, 0.15) is 23.0 Å². The van der Waals surface area contributed by atoms with E-state index < -0.39 is 0 Å². The second-order valence-electron chi connectivity index (χ2n) is 7.08. The van der Waals surface area contributed by atoms with Gasteiger partial charge in [0.1, 0.15) is 21.8 Å². The maximum atomic E-state index is 12.8. The summed E-state index contributed by atoms with van der Waals surface area (Å²) in [6.45, 7) is 1.53. The molecule has 0 saturated carbocycles. The third-order valence-electron chi connectivity index (χ3n) is 5.01. The lowest BCUT2D eigenvalue weighted by molar-refractivity contribution is 0.101. The number of furan rings is 1. The number of benzene rings is 2. The number of ketones is 1. The standard InChI is InChI=1S/C24H17N3O4S/c1-14(28)15-7-9-16(10-8-15)19-12-11-17(31-19)13-21-23(29)27-24(32-21)25-22(26-27)18-5-3-4-6-20(18)30-2/h3-13H,1-2H3. The number of rotatable bonds is 5. The van der Waals surface area contributed by atoms with Gasteiger partial charge < -0.3 is 9.15 Å². The zero-order valence-corrected chi connectivity index (χ0v) is 18.1. The van der Waals surface area contributed by atoms with Gasteiger partial charge >= 0.3 is 0 Å². The normalized spacial score (nSPS) is 11.9. The van der Waals surface area contributed by atoms with Crippen LogP contribution in [0.15, 0.2) is 69.9 Å². The van der Waals surface area contributed by atoms with Crippen molar-refractivity contribution in [2.24, 2.45) is 0 Å². The number of carbonyl (C=O) groups is 1. The first-order chi connectivity index (χ1) is 15.5. The number of fused-ring (bicyclic) bond motifs is 1. The molecule has 0 spiro atoms. The molecular weight excluding hydrogens is 426 g/mol. The molecule has 0 radical (unpaired) electrons. The second kappa shape index (κ2) is 7.90. The quantitative estimate of drug-likeness (QED) is 0.384. The molecule has 3 heterocycles. The van der Waals surface area contributed by atoms with Crippen LogP contribution in [-0.2, 0) is 0 Å². The average molecular weight is 443 g/mol. The number of carbonyl (C=O) groups excluding carboxylic acids is 1. The highest BCUT2D eigenvalue weighted by Gasteiger charge is 2.15. The number of nitrogens with zero attached hydrogens (tertiary/aromatic N) is 3. The number of aromatic nitrogens is 3. The van der Waals surface area contributed by atoms with Gasteiger partial charge in [0.05, 0.1) is 12.7 Å². The van der Waals surface area contributed by atoms with E-state index in [0.29, 0.717) is 38.2 Å². The smallest absolute Gasteiger partial charge is 0.291 e. The predicted molar refractivity (Wildman–Crippen MR) is 122 cm³/mol. The van der Waals surface area contributed by atoms with Crippen molar-refractivity contribution in [3.8, 4) is 28.5 Å². The molecule has 0 fully saturated rings. The van der Waals surface area contributed by atoms with Gasteiger partial charge in [0.25, 0.3) is 5.56 Å². The molecule has 0 saturated heterocycles. The van der Waals surface area contributed by atoms with Gasteiger partial charge in [-0.25, -0.2) is 0 Å². The summed E-state index contributed by atoms with van der Waals surface area (Å²) in [6, 6.07) is 18.2. The fourth-order valence-corrected chi connectivity index (χ4v) is 4.25. The molecule has 158 valence electrons. The van der Waals surface area contributed by atoms with Crippen molar-refractivity contribution in [3.63, 3.8) is 0 Å². The Bertz CT molecular complexity index is 1560. The van der Waals surface area contributed by atoms with Crippen molar-refractivity contribution < 1.29 is 13.9 Å². The van der Waals surface area contributed by atoms with Crippen LogP contribution in [0, 0.1) is 0 Å². The van der Waals surface area contributed by atoms with Crippen LogP contribution < -0.4 is 14.8 Å². The molecule has 5 rings (SSSR count). The minimum Gasteiger partial charge on any atom is -0.496 e. The molecule has 0 amide bonds. The van der Waals surface area contributed by atoms with Crippen molar-refractivity contribution in [1.29, 1.82) is 0 Å². The molecule has 0 aliphatic carbocycles. The van der Waals surface area contributed by atoms with E-state index in [1.54, 1.807) is 31.4 Å². The molecule has 0 bridgehead atoms. The fourth-order valence-electron chi connectivity index (χ4n) is 3.36. The van der Waals surface area contributed by atoms with Gasteiger partial charge in [-0.1, -0.05) is 47.7 Å². The molecule has 5 aromatic rings. The molecule has 32 heavy (non-hydrogen) atoms. The van der Waals surface area contributed by atoms with Crippen LogP contribution in [0.3, 0.4) is 0 Å². The Morgan fingerprint density at radius 1 is 1.09 bits per heavy atom. The number of hydrogen-bond acceptors (Lipinski definition) is 7. The molecule has 0 aliphatic heterocycles. The lowest BCUT2D eigenvalue weighted by Crippen LogP contribution is -2.23. The van der Waals surface area contributed by atoms with Crippen LogP contribution in [0.5, 0.6) is 5.75 Å². The van der Waals surface area contributed by atoms with E-state index in [-0.39, 0.29) is 11.3 Å². The van der Waals surface area contributed by atoms with Gasteiger partial charge in [0.15, 0.2) is 11.6 Å². The highest BCUT2D eigenvalue weighted by atomic mass is 32.1. The monoisotopic (exact) mass is 443 g/mol. The zero-order chi connectivity index (χ0) is 22.2. The van der Waals surface area contributed by atoms with Crippen LogP contribution in [-0.4, -0.2) is 27.5 Å². The Morgan fingerprint density at radius 3 is 2.59 bits per heavy atom. The van der Waals surface area contributed by atoms with E-state index in [1.165, 1.54) is 22.8 Å². The Balaban J connectivity index is 1.48. The summed E-state index contributed by atoms with van der Waals surface area (Å²) in [6.07, 6.45) is 1.68. The van der Waals surface area contributed by atoms with Gasteiger partial charge in [0.2, 0.25) is 4.96 Å². The number of thiazole rings is 1. The van der Waals surface area contributed by atoms with E-state index in [1.807, 2.05) is 42.5 Å². The highest BCUT2D eigenvalue weighted by molar-refractivity contribution is 7.15. The van der Waals surface area contributed by atoms with E-state index in [4.69, 9.17) is 9.15 Å². The molecule has 0 unspecified atom stereocenters. The topological polar surface area (TPSA) is 86.7 Å². The van der Waals surface area contributed by atoms with E-state index in [0.717, 1.165) is 11.1 Å². The van der Waals surface area contributed by atoms with Crippen molar-refractivity contribution in [3.05, 3.63) is 86.9 Å². The highest BCUT2D eigenvalue weighted by Crippen LogP contribution is 2.27. The van der Waals surface area contributed by atoms with Crippen molar-refractivity contribution in [1.82, 2.24) is 14.6 Å². The average Bonchev–Trinajstić information content (AvgIpc) is 3.51. The van der Waals surface area contributed by atoms with Crippen LogP contribution in [0.25, 0.3) is 33.7 Å². The van der Waals surface area contributed by atoms with Gasteiger partial charge in [0, 0.05) is 17.2 Å². The number of hydrogen-bond donors (Lipinski definition) is 0. The SMILES string of the molecule is COc1ccccc1-c1nc2sc(=Cc3ccc(-c4ccc(C(C)=O)cc4)o3)c(=O)n2n1. The maximum Gasteiger partial charge on any atom is 0.291 e. The number of ether oxygens (including phenoxy) is 1. The first-order valence-corrected chi connectivity index (χ1v) is 10.6. The van der Waals surface area contributed by atoms with Crippen molar-refractivity contribution in [2.45, 2.75) is 6.92 Å². The minimum absolute atomic E-state index is 0.0122. The summed E-state index contributed by atoms with van der Waals surface area (Å²) < 4.78 is 13.0. The van der Waals surface area contributed by atoms with E-state index in [9.17, 15) is 9.59 Å². The summed E-state index contributed by atoms with van der Waals surface area (Å²) in [4.78, 5) is 29.3. The maximum absolute atomic E-state index is 12.8. The zero-order valence-electron chi connectivity index (χ0n) is 17.2. The summed E-state index contributed by atoms with van der Waals surface area (Å²) in [7, 11) is 1.58. The molecule has 7 nitrogen and oxygen atoms in total. The van der Waals surface area contributed by atoms with E-state index in [2.05, 4.69) is 10.1 Å². The number of para-hydroxylation sites is 1. The fraction of sp³-hybridized carbons (Fsp3) is 0.0833. The van der Waals surface area contributed by atoms with Gasteiger partial charge in [-0.3, -0.25) is 9.59 Å². The lowest BCUT2D eigenvalue weighted by Gasteiger charge is -2.03. The van der Waals surface area contributed by atoms with Crippen LogP contribution in [0.4, 0.5) is 0 Å². The Kier molecular flexibility index (Phi) is 4.91. The molecule has 0 N–H and O–H groups in total. The van der Waals surface area contributed by atoms with E-state index >= 15 is 0 Å². The van der Waals surface area contributed by atoms with Crippen LogP contribution >= 0.6 is 11.3 Å². The molecular formula is C24H17N3O4S. The van der Waals surface area contributed by atoms with Crippen molar-refractivity contribution in [2.75, 3.05) is 7.11 Å². The largest absolute Gasteiger partial charge is 0.496 e. The minimum atomic E-state index is -0.262. The van der Waals surface area contributed by atoms with Gasteiger partial charge in [-0.05, 0) is 31.2 Å². The molecule has 0 aliphatic rings. The first-order valence-electron chi connectivity index (χ1n) is 9.79. The van der Waals surface area contributed by atoms with Gasteiger partial charge in [-0.15, -0.1) is 5.10 Å². The Labute approximate surface area is 186 Å². The molecule has 0 atom stereocenters. The van der Waals surface area contributed by atoms with Gasteiger partial charge in [-0.2, -0.15) is 9.50 Å². The lowest BCUT2D eigenvalue weighted by atomic mass is 10.1. The summed E-state index contributed by atoms with van der Waals surface area (Å²) in [5.41, 5.74) is 1.95. The molecule has 3 aromatic heterocycles. The Morgan fingerprint density at radius 2 is 1.88 bits per heavy atom. The molecule has 8 heteroatoms.